The second-order valence-corrected chi connectivity index (χ2v) is 5.74. The van der Waals surface area contributed by atoms with Crippen molar-refractivity contribution in [3.05, 3.63) is 6.33 Å². The van der Waals surface area contributed by atoms with Gasteiger partial charge in [0.05, 0.1) is 6.33 Å². The number of rotatable bonds is 8. The van der Waals surface area contributed by atoms with E-state index in [1.807, 2.05) is 11.8 Å². The van der Waals surface area contributed by atoms with Crippen molar-refractivity contribution in [1.82, 2.24) is 19.9 Å². The molecule has 0 saturated carbocycles. The van der Waals surface area contributed by atoms with Crippen molar-refractivity contribution in [2.75, 3.05) is 29.2 Å². The highest BCUT2D eigenvalue weighted by molar-refractivity contribution is 7.98. The van der Waals surface area contributed by atoms with Gasteiger partial charge in [0, 0.05) is 12.6 Å². The maximum Gasteiger partial charge on any atom is 0.226 e. The van der Waals surface area contributed by atoms with Gasteiger partial charge in [-0.1, -0.05) is 6.92 Å². The van der Waals surface area contributed by atoms with Gasteiger partial charge in [-0.15, -0.1) is 0 Å². The van der Waals surface area contributed by atoms with Crippen LogP contribution in [0.4, 0.5) is 11.8 Å². The van der Waals surface area contributed by atoms with E-state index in [0.717, 1.165) is 36.5 Å². The smallest absolute Gasteiger partial charge is 0.226 e. The van der Waals surface area contributed by atoms with Crippen LogP contribution in [-0.4, -0.2) is 44.5 Å². The summed E-state index contributed by atoms with van der Waals surface area (Å²) >= 11 is 1.85. The molecule has 0 spiro atoms. The number of hydrogen-bond acceptors (Lipinski definition) is 6. The molecular formula is C13H22N6S. The molecular weight excluding hydrogens is 272 g/mol. The average Bonchev–Trinajstić information content (AvgIpc) is 2.91. The third-order valence-corrected chi connectivity index (χ3v) is 3.60. The van der Waals surface area contributed by atoms with Crippen LogP contribution in [0.3, 0.4) is 0 Å². The molecule has 3 N–H and O–H groups in total. The predicted octanol–water partition coefficient (Wildman–Crippen LogP) is 2.73. The number of aromatic nitrogens is 4. The summed E-state index contributed by atoms with van der Waals surface area (Å²) in [4.78, 5) is 16.3. The maximum absolute atomic E-state index is 4.55. The number of fused-ring (bicyclic) bond motifs is 1. The molecule has 0 amide bonds. The fraction of sp³-hybridized carbons (Fsp3) is 0.615. The summed E-state index contributed by atoms with van der Waals surface area (Å²) in [6, 6.07) is 0.364. The topological polar surface area (TPSA) is 78.5 Å². The Balaban J connectivity index is 2.18. The van der Waals surface area contributed by atoms with E-state index in [2.05, 4.69) is 50.7 Å². The quantitative estimate of drug-likeness (QED) is 0.695. The number of anilines is 2. The zero-order valence-electron chi connectivity index (χ0n) is 12.2. The van der Waals surface area contributed by atoms with Crippen molar-refractivity contribution in [3.8, 4) is 0 Å². The highest BCUT2D eigenvalue weighted by Crippen LogP contribution is 2.20. The fourth-order valence-electron chi connectivity index (χ4n) is 1.85. The van der Waals surface area contributed by atoms with Crippen molar-refractivity contribution < 1.29 is 0 Å². The monoisotopic (exact) mass is 294 g/mol. The first kappa shape index (κ1) is 14.9. The van der Waals surface area contributed by atoms with Gasteiger partial charge >= 0.3 is 0 Å². The van der Waals surface area contributed by atoms with Crippen LogP contribution in [0.2, 0.25) is 0 Å². The molecule has 7 heteroatoms. The molecule has 6 nitrogen and oxygen atoms in total. The fourth-order valence-corrected chi connectivity index (χ4v) is 2.44. The summed E-state index contributed by atoms with van der Waals surface area (Å²) in [7, 11) is 0. The molecule has 0 fully saturated rings. The lowest BCUT2D eigenvalue weighted by Crippen LogP contribution is -2.18. The first-order valence-corrected chi connectivity index (χ1v) is 8.34. The Bertz CT molecular complexity index is 541. The molecule has 110 valence electrons. The van der Waals surface area contributed by atoms with Crippen LogP contribution >= 0.6 is 11.8 Å². The molecule has 2 aromatic heterocycles. The van der Waals surface area contributed by atoms with E-state index in [0.29, 0.717) is 17.6 Å². The van der Waals surface area contributed by atoms with Crippen LogP contribution in [0.1, 0.15) is 26.7 Å². The summed E-state index contributed by atoms with van der Waals surface area (Å²) in [5, 5.41) is 6.66. The van der Waals surface area contributed by atoms with Gasteiger partial charge in [0.2, 0.25) is 5.95 Å². The summed E-state index contributed by atoms with van der Waals surface area (Å²) in [5.41, 5.74) is 1.56. The molecule has 1 atom stereocenters. The maximum atomic E-state index is 4.55. The van der Waals surface area contributed by atoms with Gasteiger partial charge in [0.25, 0.3) is 0 Å². The van der Waals surface area contributed by atoms with Crippen LogP contribution < -0.4 is 10.6 Å². The summed E-state index contributed by atoms with van der Waals surface area (Å²) < 4.78 is 0. The normalized spacial score (nSPS) is 12.6. The minimum atomic E-state index is 0.364. The van der Waals surface area contributed by atoms with Crippen molar-refractivity contribution in [2.45, 2.75) is 32.7 Å². The number of aromatic amines is 1. The minimum Gasteiger partial charge on any atom is -0.366 e. The zero-order chi connectivity index (χ0) is 14.4. The Morgan fingerprint density at radius 1 is 1.40 bits per heavy atom. The molecule has 0 bridgehead atoms. The van der Waals surface area contributed by atoms with Crippen molar-refractivity contribution >= 4 is 34.7 Å². The molecule has 20 heavy (non-hydrogen) atoms. The summed E-state index contributed by atoms with van der Waals surface area (Å²) in [5.74, 6) is 2.58. The van der Waals surface area contributed by atoms with Crippen molar-refractivity contribution in [2.24, 2.45) is 0 Å². The summed E-state index contributed by atoms with van der Waals surface area (Å²) in [6.07, 6.45) is 5.91. The van der Waals surface area contributed by atoms with E-state index in [4.69, 9.17) is 0 Å². The Hall–Kier alpha value is -1.50. The van der Waals surface area contributed by atoms with Gasteiger partial charge < -0.3 is 15.6 Å². The Kier molecular flexibility index (Phi) is 5.46. The van der Waals surface area contributed by atoms with E-state index in [1.54, 1.807) is 6.33 Å². The lowest BCUT2D eigenvalue weighted by Gasteiger charge is -2.15. The first-order valence-electron chi connectivity index (χ1n) is 6.95. The second kappa shape index (κ2) is 7.33. The van der Waals surface area contributed by atoms with Gasteiger partial charge in [-0.3, -0.25) is 0 Å². The van der Waals surface area contributed by atoms with Crippen molar-refractivity contribution in [1.29, 1.82) is 0 Å². The number of imidazole rings is 1. The van der Waals surface area contributed by atoms with Crippen LogP contribution in [-0.2, 0) is 0 Å². The summed E-state index contributed by atoms with van der Waals surface area (Å²) in [6.45, 7) is 5.14. The lowest BCUT2D eigenvalue weighted by atomic mass is 10.2. The minimum absolute atomic E-state index is 0.364. The number of nitrogens with zero attached hydrogens (tertiary/aromatic N) is 3. The molecule has 1 unspecified atom stereocenters. The Morgan fingerprint density at radius 2 is 2.25 bits per heavy atom. The van der Waals surface area contributed by atoms with E-state index >= 15 is 0 Å². The van der Waals surface area contributed by atoms with Gasteiger partial charge in [-0.05, 0) is 31.8 Å². The average molecular weight is 294 g/mol. The third-order valence-electron chi connectivity index (χ3n) is 2.96. The highest BCUT2D eigenvalue weighted by atomic mass is 32.2. The van der Waals surface area contributed by atoms with Crippen LogP contribution in [0, 0.1) is 0 Å². The predicted molar refractivity (Wildman–Crippen MR) is 86.5 cm³/mol. The van der Waals surface area contributed by atoms with E-state index in [-0.39, 0.29) is 0 Å². The molecule has 0 saturated heterocycles. The molecule has 0 radical (unpaired) electrons. The molecule has 0 aliphatic heterocycles. The van der Waals surface area contributed by atoms with Crippen LogP contribution in [0.15, 0.2) is 6.33 Å². The standard InChI is InChI=1S/C13H22N6S/c1-4-6-14-13-18-11-10(15-8-16-11)12(19-13)17-9(2)5-7-20-3/h8-9H,4-7H2,1-3H3,(H3,14,15,16,17,18,19). The SMILES string of the molecule is CCCNc1nc(NC(C)CCSC)c2[nH]cnc2n1. The lowest BCUT2D eigenvalue weighted by molar-refractivity contribution is 0.767. The molecule has 2 aromatic rings. The van der Waals surface area contributed by atoms with Crippen LogP contribution in [0.5, 0.6) is 0 Å². The Morgan fingerprint density at radius 3 is 3.00 bits per heavy atom. The molecule has 0 aliphatic rings. The molecule has 0 aromatic carbocycles. The van der Waals surface area contributed by atoms with E-state index in [9.17, 15) is 0 Å². The Labute approximate surface area is 123 Å². The highest BCUT2D eigenvalue weighted by Gasteiger charge is 2.11. The second-order valence-electron chi connectivity index (χ2n) is 4.75. The van der Waals surface area contributed by atoms with Gasteiger partial charge in [-0.25, -0.2) is 4.98 Å². The van der Waals surface area contributed by atoms with E-state index in [1.165, 1.54) is 0 Å². The van der Waals surface area contributed by atoms with Gasteiger partial charge in [0.15, 0.2) is 11.5 Å². The number of hydrogen-bond donors (Lipinski definition) is 3. The first-order chi connectivity index (χ1) is 9.74. The van der Waals surface area contributed by atoms with Gasteiger partial charge in [-0.2, -0.15) is 21.7 Å². The molecule has 2 rings (SSSR count). The van der Waals surface area contributed by atoms with E-state index < -0.39 is 0 Å². The third kappa shape index (κ3) is 3.75. The number of H-pyrrole nitrogens is 1. The largest absolute Gasteiger partial charge is 0.366 e. The zero-order valence-corrected chi connectivity index (χ0v) is 13.0. The van der Waals surface area contributed by atoms with Crippen molar-refractivity contribution in [3.63, 3.8) is 0 Å². The van der Waals surface area contributed by atoms with Gasteiger partial charge in [0.1, 0.15) is 5.52 Å². The molecule has 2 heterocycles. The van der Waals surface area contributed by atoms with Crippen LogP contribution in [0.25, 0.3) is 11.2 Å². The molecule has 0 aliphatic carbocycles. The number of thioether (sulfide) groups is 1. The number of nitrogens with one attached hydrogen (secondary N) is 3.